The molecular formula is C12H6ClF4IN2O3. The Hall–Kier alpha value is -1.56. The van der Waals surface area contributed by atoms with Crippen LogP contribution < -0.4 is 11.2 Å². The summed E-state index contributed by atoms with van der Waals surface area (Å²) in [4.78, 5) is 24.0. The Bertz CT molecular complexity index is 920. The molecule has 2 aromatic rings. The maximum atomic E-state index is 14.0. The van der Waals surface area contributed by atoms with Gasteiger partial charge >= 0.3 is 11.9 Å². The molecule has 0 fully saturated rings. The molecule has 0 atom stereocenters. The molecule has 0 amide bonds. The van der Waals surface area contributed by atoms with Gasteiger partial charge in [0, 0.05) is 13.1 Å². The van der Waals surface area contributed by atoms with E-state index in [1.165, 1.54) is 22.6 Å². The van der Waals surface area contributed by atoms with Crippen molar-refractivity contribution in [2.75, 3.05) is 0 Å². The number of alkyl halides is 3. The molecule has 0 saturated carbocycles. The van der Waals surface area contributed by atoms with Crippen molar-refractivity contribution in [1.82, 2.24) is 9.13 Å². The summed E-state index contributed by atoms with van der Waals surface area (Å²) in [5.74, 6) is -2.05. The number of aromatic nitrogens is 2. The van der Waals surface area contributed by atoms with Gasteiger partial charge in [0.1, 0.15) is 11.4 Å². The maximum absolute atomic E-state index is 14.0. The molecule has 0 aliphatic carbocycles. The van der Waals surface area contributed by atoms with Gasteiger partial charge in [-0.1, -0.05) is 11.6 Å². The summed E-state index contributed by atoms with van der Waals surface area (Å²) < 4.78 is 52.5. The number of nitrogens with zero attached hydrogens (tertiary/aromatic N) is 2. The van der Waals surface area contributed by atoms with E-state index in [2.05, 4.69) is 0 Å². The van der Waals surface area contributed by atoms with E-state index in [1.807, 2.05) is 0 Å². The van der Waals surface area contributed by atoms with Crippen LogP contribution >= 0.6 is 34.2 Å². The van der Waals surface area contributed by atoms with Gasteiger partial charge in [0.15, 0.2) is 11.6 Å². The molecule has 2 rings (SSSR count). The van der Waals surface area contributed by atoms with Gasteiger partial charge in [-0.15, -0.1) is 0 Å². The van der Waals surface area contributed by atoms with E-state index in [-0.39, 0.29) is 23.8 Å². The Labute approximate surface area is 143 Å². The first-order chi connectivity index (χ1) is 10.5. The molecule has 1 heterocycles. The molecule has 0 saturated heterocycles. The molecule has 1 aromatic heterocycles. The Balaban J connectivity index is 2.94. The number of rotatable bonds is 1. The Morgan fingerprint density at radius 1 is 1.26 bits per heavy atom. The second-order valence-corrected chi connectivity index (χ2v) is 5.88. The highest BCUT2D eigenvalue weighted by atomic mass is 127. The lowest BCUT2D eigenvalue weighted by molar-refractivity contribution is -0.144. The molecule has 1 aromatic carbocycles. The van der Waals surface area contributed by atoms with Gasteiger partial charge in [-0.05, 0) is 28.7 Å². The van der Waals surface area contributed by atoms with Crippen molar-refractivity contribution in [1.29, 1.82) is 0 Å². The van der Waals surface area contributed by atoms with E-state index in [4.69, 9.17) is 11.6 Å². The standard InChI is InChI=1S/C12H6ClF4IN2O3/c1-19-6(12(15,16)17)3-7(21)20(11(19)23)9-5(14)2-4(13)8(18)10(9)22/h2-3,22H,1H3. The molecule has 23 heavy (non-hydrogen) atoms. The lowest BCUT2D eigenvalue weighted by Gasteiger charge is -2.15. The average Bonchev–Trinajstić information content (AvgIpc) is 2.42. The molecule has 0 spiro atoms. The highest BCUT2D eigenvalue weighted by Gasteiger charge is 2.35. The number of halogens is 6. The Morgan fingerprint density at radius 3 is 2.35 bits per heavy atom. The first kappa shape index (κ1) is 17.8. The molecule has 5 nitrogen and oxygen atoms in total. The Morgan fingerprint density at radius 2 is 1.83 bits per heavy atom. The predicted octanol–water partition coefficient (Wildman–Crippen LogP) is 2.66. The third-order valence-corrected chi connectivity index (χ3v) is 4.66. The van der Waals surface area contributed by atoms with Gasteiger partial charge in [0.05, 0.1) is 8.59 Å². The topological polar surface area (TPSA) is 64.2 Å². The van der Waals surface area contributed by atoms with E-state index in [1.54, 1.807) is 0 Å². The third-order valence-electron chi connectivity index (χ3n) is 2.96. The van der Waals surface area contributed by atoms with Crippen molar-refractivity contribution in [3.63, 3.8) is 0 Å². The normalized spacial score (nSPS) is 11.8. The van der Waals surface area contributed by atoms with Crippen molar-refractivity contribution in [2.45, 2.75) is 6.18 Å². The second kappa shape index (κ2) is 5.82. The first-order valence-corrected chi connectivity index (χ1v) is 7.19. The van der Waals surface area contributed by atoms with Gasteiger partial charge in [-0.3, -0.25) is 9.36 Å². The van der Waals surface area contributed by atoms with Crippen LogP contribution in [-0.2, 0) is 13.2 Å². The number of aromatic hydroxyl groups is 1. The monoisotopic (exact) mass is 464 g/mol. The minimum atomic E-state index is -4.94. The third kappa shape index (κ3) is 2.96. The van der Waals surface area contributed by atoms with Gasteiger partial charge in [-0.25, -0.2) is 13.8 Å². The highest BCUT2D eigenvalue weighted by molar-refractivity contribution is 14.1. The minimum Gasteiger partial charge on any atom is -0.505 e. The molecular weight excluding hydrogens is 458 g/mol. The van der Waals surface area contributed by atoms with Gasteiger partial charge < -0.3 is 5.11 Å². The van der Waals surface area contributed by atoms with Crippen LogP contribution in [-0.4, -0.2) is 14.2 Å². The van der Waals surface area contributed by atoms with Crippen LogP contribution in [0.25, 0.3) is 5.69 Å². The summed E-state index contributed by atoms with van der Waals surface area (Å²) >= 11 is 7.18. The molecule has 11 heteroatoms. The van der Waals surface area contributed by atoms with Crippen LogP contribution in [0.15, 0.2) is 21.7 Å². The summed E-state index contributed by atoms with van der Waals surface area (Å²) in [6.45, 7) is 0. The predicted molar refractivity (Wildman–Crippen MR) is 81.6 cm³/mol. The number of phenols is 1. The number of phenolic OH excluding ortho intramolecular Hbond substituents is 1. The summed E-state index contributed by atoms with van der Waals surface area (Å²) in [7, 11) is 0.775. The van der Waals surface area contributed by atoms with E-state index in [9.17, 15) is 32.3 Å². The van der Waals surface area contributed by atoms with Gasteiger partial charge in [-0.2, -0.15) is 13.2 Å². The fourth-order valence-corrected chi connectivity index (χ4v) is 2.49. The van der Waals surface area contributed by atoms with E-state index >= 15 is 0 Å². The fraction of sp³-hybridized carbons (Fsp3) is 0.167. The first-order valence-electron chi connectivity index (χ1n) is 5.74. The quantitative estimate of drug-likeness (QED) is 0.401. The average molecular weight is 465 g/mol. The number of benzene rings is 1. The van der Waals surface area contributed by atoms with Crippen molar-refractivity contribution >= 4 is 34.2 Å². The zero-order chi connectivity index (χ0) is 17.7. The van der Waals surface area contributed by atoms with Crippen LogP contribution in [0, 0.1) is 9.39 Å². The second-order valence-electron chi connectivity index (χ2n) is 4.39. The van der Waals surface area contributed by atoms with Crippen molar-refractivity contribution in [3.8, 4) is 11.4 Å². The summed E-state index contributed by atoms with van der Waals surface area (Å²) in [6, 6.07) is 0.879. The van der Waals surface area contributed by atoms with Crippen LogP contribution in [0.1, 0.15) is 5.69 Å². The van der Waals surface area contributed by atoms with Gasteiger partial charge in [0.2, 0.25) is 0 Å². The smallest absolute Gasteiger partial charge is 0.431 e. The van der Waals surface area contributed by atoms with Gasteiger partial charge in [0.25, 0.3) is 5.56 Å². The number of hydrogen-bond donors (Lipinski definition) is 1. The summed E-state index contributed by atoms with van der Waals surface area (Å²) in [6.07, 6.45) is -4.94. The maximum Gasteiger partial charge on any atom is 0.431 e. The molecule has 0 unspecified atom stereocenters. The minimum absolute atomic E-state index is 0.0606. The van der Waals surface area contributed by atoms with E-state index in [0.717, 1.165) is 13.1 Å². The fourth-order valence-electron chi connectivity index (χ4n) is 1.89. The lowest BCUT2D eigenvalue weighted by atomic mass is 10.2. The zero-order valence-corrected chi connectivity index (χ0v) is 14.0. The van der Waals surface area contributed by atoms with Crippen molar-refractivity contribution in [3.05, 3.63) is 53.1 Å². The lowest BCUT2D eigenvalue weighted by Crippen LogP contribution is -2.41. The van der Waals surface area contributed by atoms with Crippen molar-refractivity contribution in [2.24, 2.45) is 7.05 Å². The molecule has 124 valence electrons. The highest BCUT2D eigenvalue weighted by Crippen LogP contribution is 2.34. The Kier molecular flexibility index (Phi) is 4.50. The van der Waals surface area contributed by atoms with E-state index in [0.29, 0.717) is 0 Å². The van der Waals surface area contributed by atoms with Crippen LogP contribution in [0.3, 0.4) is 0 Å². The zero-order valence-electron chi connectivity index (χ0n) is 11.1. The van der Waals surface area contributed by atoms with E-state index < -0.39 is 40.4 Å². The SMILES string of the molecule is Cn1c(C(F)(F)F)cc(=O)n(-c2c(F)cc(Cl)c(I)c2O)c1=O. The molecule has 0 radical (unpaired) electrons. The summed E-state index contributed by atoms with van der Waals surface area (Å²) in [5, 5.41) is 9.74. The van der Waals surface area contributed by atoms with Crippen LogP contribution in [0.5, 0.6) is 5.75 Å². The van der Waals surface area contributed by atoms with Crippen LogP contribution in [0.2, 0.25) is 5.02 Å². The molecule has 0 aliphatic heterocycles. The molecule has 1 N–H and O–H groups in total. The number of hydrogen-bond acceptors (Lipinski definition) is 3. The van der Waals surface area contributed by atoms with Crippen LogP contribution in [0.4, 0.5) is 17.6 Å². The summed E-state index contributed by atoms with van der Waals surface area (Å²) in [5.41, 5.74) is -5.25. The van der Waals surface area contributed by atoms with Crippen molar-refractivity contribution < 1.29 is 22.7 Å². The molecule has 0 bridgehead atoms. The largest absolute Gasteiger partial charge is 0.505 e. The molecule has 0 aliphatic rings.